The van der Waals surface area contributed by atoms with E-state index in [9.17, 15) is 9.59 Å². The monoisotopic (exact) mass is 377 g/mol. The fourth-order valence-electron chi connectivity index (χ4n) is 2.37. The van der Waals surface area contributed by atoms with E-state index in [-0.39, 0.29) is 13.3 Å². The molecule has 1 N–H and O–H groups in total. The van der Waals surface area contributed by atoms with Crippen molar-refractivity contribution < 1.29 is 23.8 Å². The van der Waals surface area contributed by atoms with Gasteiger partial charge < -0.3 is 14.2 Å². The van der Waals surface area contributed by atoms with Gasteiger partial charge >= 0.3 is 12.1 Å². The van der Waals surface area contributed by atoms with E-state index in [1.54, 1.807) is 36.4 Å². The van der Waals surface area contributed by atoms with Crippen LogP contribution in [0.25, 0.3) is 11.1 Å². The lowest BCUT2D eigenvalue weighted by molar-refractivity contribution is -0.146. The second-order valence-corrected chi connectivity index (χ2v) is 5.72. The molecule has 28 heavy (non-hydrogen) atoms. The Morgan fingerprint density at radius 1 is 0.714 bits per heavy atom. The summed E-state index contributed by atoms with van der Waals surface area (Å²) in [6.45, 7) is -0.569. The van der Waals surface area contributed by atoms with Gasteiger partial charge in [0.2, 0.25) is 0 Å². The molecule has 0 aliphatic rings. The minimum absolute atomic E-state index is 0.264. The van der Waals surface area contributed by atoms with E-state index in [0.29, 0.717) is 11.5 Å². The number of nitrogens with one attached hydrogen (secondary N) is 1. The Hall–Kier alpha value is -3.80. The van der Waals surface area contributed by atoms with Gasteiger partial charge in [-0.05, 0) is 35.4 Å². The molecule has 0 spiro atoms. The molecule has 0 aromatic heterocycles. The molecule has 0 heterocycles. The normalized spacial score (nSPS) is 10.0. The largest absolute Gasteiger partial charge is 0.482 e. The van der Waals surface area contributed by atoms with Crippen LogP contribution in [0.15, 0.2) is 84.9 Å². The summed E-state index contributed by atoms with van der Waals surface area (Å²) in [6.07, 6.45) is -0.712. The molecule has 6 nitrogen and oxygen atoms in total. The van der Waals surface area contributed by atoms with Crippen molar-refractivity contribution in [2.24, 2.45) is 0 Å². The van der Waals surface area contributed by atoms with Gasteiger partial charge in [0, 0.05) is 0 Å². The van der Waals surface area contributed by atoms with Gasteiger partial charge in [0.15, 0.2) is 13.3 Å². The molecule has 0 fully saturated rings. The van der Waals surface area contributed by atoms with Crippen LogP contribution in [0.1, 0.15) is 0 Å². The Bertz CT molecular complexity index is 895. The van der Waals surface area contributed by atoms with Crippen LogP contribution in [0, 0.1) is 0 Å². The molecule has 0 aliphatic carbocycles. The van der Waals surface area contributed by atoms with E-state index < -0.39 is 12.1 Å². The molecule has 0 bridgehead atoms. The highest BCUT2D eigenvalue weighted by Gasteiger charge is 2.07. The van der Waals surface area contributed by atoms with Crippen molar-refractivity contribution in [1.82, 2.24) is 5.32 Å². The van der Waals surface area contributed by atoms with Crippen LogP contribution < -0.4 is 14.8 Å². The van der Waals surface area contributed by atoms with E-state index in [1.807, 2.05) is 48.5 Å². The highest BCUT2D eigenvalue weighted by molar-refractivity contribution is 5.73. The summed E-state index contributed by atoms with van der Waals surface area (Å²) in [5.41, 5.74) is 2.15. The fraction of sp³-hybridized carbons (Fsp3) is 0.0909. The van der Waals surface area contributed by atoms with Crippen molar-refractivity contribution in [1.29, 1.82) is 0 Å². The lowest BCUT2D eigenvalue weighted by atomic mass is 10.1. The summed E-state index contributed by atoms with van der Waals surface area (Å²) in [4.78, 5) is 23.3. The first-order valence-corrected chi connectivity index (χ1v) is 8.65. The molecule has 142 valence electrons. The number of ether oxygens (including phenoxy) is 3. The summed E-state index contributed by atoms with van der Waals surface area (Å²) in [5, 5.41) is 2.33. The number of carbonyl (C=O) groups is 2. The van der Waals surface area contributed by atoms with Crippen molar-refractivity contribution in [3.05, 3.63) is 84.9 Å². The lowest BCUT2D eigenvalue weighted by Gasteiger charge is -2.09. The summed E-state index contributed by atoms with van der Waals surface area (Å²) >= 11 is 0. The zero-order chi connectivity index (χ0) is 19.6. The third-order valence-electron chi connectivity index (χ3n) is 3.72. The highest BCUT2D eigenvalue weighted by atomic mass is 16.6. The van der Waals surface area contributed by atoms with Crippen molar-refractivity contribution >= 4 is 12.1 Å². The fourth-order valence-corrected chi connectivity index (χ4v) is 2.37. The molecule has 3 aromatic carbocycles. The quantitative estimate of drug-likeness (QED) is 0.497. The lowest BCUT2D eigenvalue weighted by Crippen LogP contribution is -2.31. The number of benzene rings is 3. The van der Waals surface area contributed by atoms with Gasteiger partial charge in [-0.1, -0.05) is 60.7 Å². The Morgan fingerprint density at radius 2 is 1.32 bits per heavy atom. The number of amides is 1. The maximum Gasteiger partial charge on any atom is 0.415 e. The number of carbonyl (C=O) groups excluding carboxylic acids is 2. The van der Waals surface area contributed by atoms with E-state index in [4.69, 9.17) is 14.2 Å². The van der Waals surface area contributed by atoms with Crippen molar-refractivity contribution in [3.8, 4) is 22.6 Å². The van der Waals surface area contributed by atoms with Gasteiger partial charge in [-0.3, -0.25) is 5.32 Å². The maximum atomic E-state index is 11.7. The SMILES string of the molecule is O=C(COc1ccc(-c2ccccc2)cc1)OCNC(=O)Oc1ccccc1. The van der Waals surface area contributed by atoms with Crippen molar-refractivity contribution in [2.45, 2.75) is 0 Å². The van der Waals surface area contributed by atoms with Crippen LogP contribution >= 0.6 is 0 Å². The van der Waals surface area contributed by atoms with Crippen molar-refractivity contribution in [2.75, 3.05) is 13.3 Å². The summed E-state index contributed by atoms with van der Waals surface area (Å²) in [7, 11) is 0. The Kier molecular flexibility index (Phi) is 6.62. The first-order chi connectivity index (χ1) is 13.7. The highest BCUT2D eigenvalue weighted by Crippen LogP contribution is 2.22. The third-order valence-corrected chi connectivity index (χ3v) is 3.72. The number of hydrogen-bond acceptors (Lipinski definition) is 5. The number of rotatable bonds is 7. The number of esters is 1. The Labute approximate surface area is 162 Å². The van der Waals surface area contributed by atoms with Gasteiger partial charge in [-0.25, -0.2) is 9.59 Å². The third kappa shape index (κ3) is 5.88. The Balaban J connectivity index is 1.37. The van der Waals surface area contributed by atoms with Crippen molar-refractivity contribution in [3.63, 3.8) is 0 Å². The molecule has 0 atom stereocenters. The van der Waals surface area contributed by atoms with Gasteiger partial charge in [0.1, 0.15) is 11.5 Å². The molecular formula is C22H19NO5. The Morgan fingerprint density at radius 3 is 2.00 bits per heavy atom. The molecule has 0 saturated heterocycles. The summed E-state index contributed by atoms with van der Waals surface area (Å²) in [6, 6.07) is 25.9. The second kappa shape index (κ2) is 9.78. The summed E-state index contributed by atoms with van der Waals surface area (Å²) < 4.78 is 15.3. The molecule has 6 heteroatoms. The van der Waals surface area contributed by atoms with Crippen LogP contribution in [-0.2, 0) is 9.53 Å². The molecule has 0 saturated carbocycles. The first-order valence-electron chi connectivity index (χ1n) is 8.65. The second-order valence-electron chi connectivity index (χ2n) is 5.72. The predicted molar refractivity (Wildman–Crippen MR) is 104 cm³/mol. The zero-order valence-electron chi connectivity index (χ0n) is 15.0. The zero-order valence-corrected chi connectivity index (χ0v) is 15.0. The van der Waals surface area contributed by atoms with Gasteiger partial charge in [0.25, 0.3) is 0 Å². The number of para-hydroxylation sites is 1. The predicted octanol–water partition coefficient (Wildman–Crippen LogP) is 4.02. The molecule has 0 aliphatic heterocycles. The average Bonchev–Trinajstić information content (AvgIpc) is 2.74. The molecule has 3 rings (SSSR count). The molecule has 0 radical (unpaired) electrons. The topological polar surface area (TPSA) is 73.9 Å². The minimum Gasteiger partial charge on any atom is -0.482 e. The minimum atomic E-state index is -0.712. The standard InChI is InChI=1S/C22H19NO5/c24-21(27-16-23-22(25)28-20-9-5-2-6-10-20)15-26-19-13-11-18(12-14-19)17-7-3-1-4-8-17/h1-14H,15-16H2,(H,23,25). The molecule has 0 unspecified atom stereocenters. The van der Waals surface area contributed by atoms with Crippen LogP contribution in [0.4, 0.5) is 4.79 Å². The molecular weight excluding hydrogens is 358 g/mol. The van der Waals surface area contributed by atoms with E-state index in [2.05, 4.69) is 5.32 Å². The average molecular weight is 377 g/mol. The van der Waals surface area contributed by atoms with Crippen LogP contribution in [0.5, 0.6) is 11.5 Å². The first kappa shape index (κ1) is 19.0. The van der Waals surface area contributed by atoms with E-state index in [0.717, 1.165) is 11.1 Å². The number of hydrogen-bond donors (Lipinski definition) is 1. The van der Waals surface area contributed by atoms with E-state index >= 15 is 0 Å². The van der Waals surface area contributed by atoms with Gasteiger partial charge in [-0.2, -0.15) is 0 Å². The van der Waals surface area contributed by atoms with Gasteiger partial charge in [-0.15, -0.1) is 0 Å². The smallest absolute Gasteiger partial charge is 0.415 e. The van der Waals surface area contributed by atoms with Crippen LogP contribution in [-0.4, -0.2) is 25.4 Å². The van der Waals surface area contributed by atoms with Gasteiger partial charge in [0.05, 0.1) is 0 Å². The maximum absolute atomic E-state index is 11.7. The molecule has 1 amide bonds. The van der Waals surface area contributed by atoms with Crippen LogP contribution in [0.3, 0.4) is 0 Å². The van der Waals surface area contributed by atoms with E-state index in [1.165, 1.54) is 0 Å². The van der Waals surface area contributed by atoms with Crippen LogP contribution in [0.2, 0.25) is 0 Å². The summed E-state index contributed by atoms with van der Waals surface area (Å²) in [5.74, 6) is 0.342. The molecule has 3 aromatic rings.